The van der Waals surface area contributed by atoms with Gasteiger partial charge in [0.1, 0.15) is 36.6 Å². The van der Waals surface area contributed by atoms with E-state index in [1.807, 2.05) is 0 Å². The zero-order chi connectivity index (χ0) is 31.0. The monoisotopic (exact) mass is 657 g/mol. The number of aromatic amines is 1. The molecule has 3 aliphatic heterocycles. The molecule has 3 fully saturated rings. The van der Waals surface area contributed by atoms with Gasteiger partial charge in [0.2, 0.25) is 5.95 Å². The van der Waals surface area contributed by atoms with Crippen LogP contribution in [-0.4, -0.2) is 98.9 Å². The first-order chi connectivity index (χ1) is 20.9. The molecule has 7 N–H and O–H groups in total. The van der Waals surface area contributed by atoms with E-state index in [2.05, 4.69) is 19.9 Å². The van der Waals surface area contributed by atoms with Gasteiger partial charge in [-0.1, -0.05) is 12.1 Å². The molecule has 3 aliphatic rings. The van der Waals surface area contributed by atoms with Gasteiger partial charge in [-0.15, -0.1) is 0 Å². The molecular weight excluding hydrogens is 632 g/mol. The third-order valence-corrected chi connectivity index (χ3v) is 9.39. The Kier molecular flexibility index (Phi) is 7.24. The highest BCUT2D eigenvalue weighted by Crippen LogP contribution is 2.53. The van der Waals surface area contributed by atoms with E-state index in [-0.39, 0.29) is 17.1 Å². The number of fused-ring (bicyclic) bond motifs is 5. The number of benzene rings is 1. The molecule has 3 aromatic heterocycles. The number of nitrogens with one attached hydrogen (secondary N) is 1. The Labute approximate surface area is 245 Å². The number of nitrogen functional groups attached to an aromatic ring is 1. The zero-order valence-corrected chi connectivity index (χ0v) is 24.0. The Bertz CT molecular complexity index is 1880. The summed E-state index contributed by atoms with van der Waals surface area (Å²) >= 11 is 0. The number of hydrogen-bond donors (Lipinski definition) is 6. The Balaban J connectivity index is 1.20. The number of ether oxygens (including phenoxy) is 2. The molecule has 0 saturated carbocycles. The molecule has 6 heterocycles. The number of imidazole rings is 2. The summed E-state index contributed by atoms with van der Waals surface area (Å²) in [5.74, 6) is -0.258. The molecule has 7 rings (SSSR count). The van der Waals surface area contributed by atoms with Gasteiger partial charge < -0.3 is 39.8 Å². The van der Waals surface area contributed by atoms with Crippen molar-refractivity contribution in [3.05, 3.63) is 47.3 Å². The topological polar surface area (TPSA) is 278 Å². The lowest BCUT2D eigenvalue weighted by Crippen LogP contribution is -2.36. The van der Waals surface area contributed by atoms with Gasteiger partial charge in [-0.3, -0.25) is 32.4 Å². The Hall–Kier alpha value is -3.10. The molecule has 10 atom stereocenters. The summed E-state index contributed by atoms with van der Waals surface area (Å²) in [5.41, 5.74) is 5.83. The second kappa shape index (κ2) is 10.8. The van der Waals surface area contributed by atoms with Crippen molar-refractivity contribution in [1.29, 1.82) is 0 Å². The van der Waals surface area contributed by atoms with E-state index in [4.69, 9.17) is 33.3 Å². The fraction of sp³-hybridized carbons (Fsp3) is 0.455. The molecule has 44 heavy (non-hydrogen) atoms. The van der Waals surface area contributed by atoms with Crippen molar-refractivity contribution in [2.75, 3.05) is 18.9 Å². The van der Waals surface area contributed by atoms with E-state index >= 15 is 0 Å². The third kappa shape index (κ3) is 5.18. The number of aliphatic hydroxyl groups is 2. The zero-order valence-electron chi connectivity index (χ0n) is 22.2. The predicted octanol–water partition coefficient (Wildman–Crippen LogP) is -0.714. The molecule has 1 aromatic carbocycles. The smallest absolute Gasteiger partial charge is 0.387 e. The van der Waals surface area contributed by atoms with Crippen LogP contribution >= 0.6 is 15.6 Å². The number of para-hydroxylation sites is 2. The number of aromatic nitrogens is 6. The predicted molar refractivity (Wildman–Crippen MR) is 143 cm³/mol. The minimum atomic E-state index is -5.03. The maximum absolute atomic E-state index is 13.2. The van der Waals surface area contributed by atoms with Gasteiger partial charge in [0.25, 0.3) is 5.56 Å². The number of phosphoric ester groups is 2. The summed E-state index contributed by atoms with van der Waals surface area (Å²) < 4.78 is 61.5. The van der Waals surface area contributed by atoms with Gasteiger partial charge in [0.05, 0.1) is 36.9 Å². The Morgan fingerprint density at radius 1 is 0.886 bits per heavy atom. The van der Waals surface area contributed by atoms with E-state index in [1.165, 1.54) is 10.9 Å². The quantitative estimate of drug-likeness (QED) is 0.145. The number of anilines is 1. The van der Waals surface area contributed by atoms with Gasteiger partial charge in [-0.05, 0) is 12.1 Å². The number of phosphoric acid groups is 2. The van der Waals surface area contributed by atoms with E-state index < -0.39 is 83.5 Å². The highest BCUT2D eigenvalue weighted by atomic mass is 31.2. The number of nitrogens with zero attached hydrogens (tertiary/aromatic N) is 5. The van der Waals surface area contributed by atoms with Crippen LogP contribution in [0.25, 0.3) is 22.2 Å². The van der Waals surface area contributed by atoms with Crippen LogP contribution in [0.2, 0.25) is 0 Å². The molecule has 10 unspecified atom stereocenters. The van der Waals surface area contributed by atoms with E-state index in [1.54, 1.807) is 24.3 Å². The largest absolute Gasteiger partial charge is 0.472 e. The molecule has 0 aliphatic carbocycles. The molecule has 236 valence electrons. The minimum Gasteiger partial charge on any atom is -0.387 e. The first kappa shape index (κ1) is 29.6. The lowest BCUT2D eigenvalue weighted by molar-refractivity contribution is -0.0671. The summed E-state index contributed by atoms with van der Waals surface area (Å²) in [4.78, 5) is 48.0. The van der Waals surface area contributed by atoms with E-state index in [0.29, 0.717) is 11.0 Å². The van der Waals surface area contributed by atoms with Crippen LogP contribution in [0.4, 0.5) is 5.95 Å². The summed E-state index contributed by atoms with van der Waals surface area (Å²) in [7, 11) is -10.1. The number of aliphatic hydroxyl groups excluding tert-OH is 2. The number of H-pyrrole nitrogens is 1. The van der Waals surface area contributed by atoms with Gasteiger partial charge in [-0.2, -0.15) is 4.98 Å². The van der Waals surface area contributed by atoms with Gasteiger partial charge in [-0.25, -0.2) is 19.1 Å². The number of rotatable bonds is 2. The van der Waals surface area contributed by atoms with Crippen molar-refractivity contribution in [2.24, 2.45) is 0 Å². The molecular formula is C22H25N7O13P2. The van der Waals surface area contributed by atoms with Crippen LogP contribution in [0.1, 0.15) is 12.5 Å². The molecule has 4 aromatic rings. The fourth-order valence-electron chi connectivity index (χ4n) is 5.42. The van der Waals surface area contributed by atoms with E-state index in [9.17, 15) is 33.9 Å². The summed E-state index contributed by atoms with van der Waals surface area (Å²) in [6.45, 7) is -1.55. The number of hydrogen-bond acceptors (Lipinski definition) is 15. The average Bonchev–Trinajstić information content (AvgIpc) is 3.72. The summed E-state index contributed by atoms with van der Waals surface area (Å²) in [6.07, 6.45) is -9.65. The van der Waals surface area contributed by atoms with Crippen molar-refractivity contribution in [1.82, 2.24) is 29.1 Å². The molecule has 2 bridgehead atoms. The minimum absolute atomic E-state index is 0.0922. The lowest BCUT2D eigenvalue weighted by Gasteiger charge is -2.26. The third-order valence-electron chi connectivity index (χ3n) is 7.42. The van der Waals surface area contributed by atoms with Crippen molar-refractivity contribution in [3.8, 4) is 0 Å². The van der Waals surface area contributed by atoms with Crippen molar-refractivity contribution < 1.29 is 56.7 Å². The van der Waals surface area contributed by atoms with Crippen LogP contribution in [0.3, 0.4) is 0 Å². The summed E-state index contributed by atoms with van der Waals surface area (Å²) in [6, 6.07) is 6.89. The van der Waals surface area contributed by atoms with E-state index in [0.717, 1.165) is 10.9 Å². The molecule has 0 radical (unpaired) electrons. The fourth-order valence-corrected chi connectivity index (χ4v) is 7.32. The molecule has 20 nitrogen and oxygen atoms in total. The highest BCUT2D eigenvalue weighted by Gasteiger charge is 2.53. The SMILES string of the molecule is Nc1nc2c(ncn2C2OC3COP(=O)(O)OC4C(O)C(COP(=O)(O)OC3C2O)OC4n2cnc3ccccc32)c(=O)[nH]1. The molecule has 0 amide bonds. The van der Waals surface area contributed by atoms with Crippen LogP contribution in [0, 0.1) is 0 Å². The molecule has 0 spiro atoms. The van der Waals surface area contributed by atoms with Crippen molar-refractivity contribution in [3.63, 3.8) is 0 Å². The molecule has 22 heteroatoms. The highest BCUT2D eigenvalue weighted by molar-refractivity contribution is 7.47. The van der Waals surface area contributed by atoms with Crippen molar-refractivity contribution in [2.45, 2.75) is 49.1 Å². The van der Waals surface area contributed by atoms with Gasteiger partial charge in [0.15, 0.2) is 23.6 Å². The first-order valence-corrected chi connectivity index (χ1v) is 16.0. The first-order valence-electron chi connectivity index (χ1n) is 13.0. The Morgan fingerprint density at radius 2 is 1.55 bits per heavy atom. The summed E-state index contributed by atoms with van der Waals surface area (Å²) in [5, 5.41) is 22.1. The van der Waals surface area contributed by atoms with Crippen molar-refractivity contribution >= 4 is 43.8 Å². The normalized spacial score (nSPS) is 38.3. The average molecular weight is 657 g/mol. The molecule has 3 saturated heterocycles. The second-order valence-electron chi connectivity index (χ2n) is 10.2. The van der Waals surface area contributed by atoms with Gasteiger partial charge in [0, 0.05) is 0 Å². The maximum Gasteiger partial charge on any atom is 0.472 e. The van der Waals surface area contributed by atoms with Crippen LogP contribution in [0.15, 0.2) is 41.7 Å². The van der Waals surface area contributed by atoms with Gasteiger partial charge >= 0.3 is 15.6 Å². The lowest BCUT2D eigenvalue weighted by atomic mass is 10.1. The second-order valence-corrected chi connectivity index (χ2v) is 13.0. The standard InChI is InChI=1S/C22H25N7O13P2/c23-22-26-18-13(19(32)27-22)25-8-29(18)20-15(31)16-12(40-20)6-38-44(35,36)42-17-14(30)11(5-37-43(33,34)41-16)39-21(17)28-7-24-9-3-1-2-4-10(9)28/h1-4,7-8,11-12,14-17,20-21,30-31H,5-6H2,(H,33,34)(H,35,36)(H3,23,26,27,32). The van der Waals surface area contributed by atoms with Crippen LogP contribution in [0.5, 0.6) is 0 Å². The van der Waals surface area contributed by atoms with Crippen LogP contribution < -0.4 is 11.3 Å². The maximum atomic E-state index is 13.2. The van der Waals surface area contributed by atoms with Crippen LogP contribution in [-0.2, 0) is 36.7 Å². The Morgan fingerprint density at radius 3 is 2.32 bits per heavy atom. The number of nitrogens with two attached hydrogens (primary N) is 1.